The van der Waals surface area contributed by atoms with Crippen molar-refractivity contribution in [2.24, 2.45) is 5.84 Å². The third kappa shape index (κ3) is 3.20. The molecule has 0 aromatic heterocycles. The van der Waals surface area contributed by atoms with Crippen molar-refractivity contribution >= 4 is 0 Å². The molecule has 14 heavy (non-hydrogen) atoms. The van der Waals surface area contributed by atoms with Crippen molar-refractivity contribution in [2.45, 2.75) is 13.0 Å². The van der Waals surface area contributed by atoms with Crippen LogP contribution in [0.2, 0.25) is 0 Å². The maximum absolute atomic E-state index is 5.52. The molecule has 0 saturated heterocycles. The Morgan fingerprint density at radius 1 is 1.50 bits per heavy atom. The average molecular weight is 192 g/mol. The van der Waals surface area contributed by atoms with Gasteiger partial charge in [0.2, 0.25) is 0 Å². The van der Waals surface area contributed by atoms with Crippen LogP contribution in [0.3, 0.4) is 0 Å². The predicted octanol–water partition coefficient (Wildman–Crippen LogP) is 1.47. The number of hydrogen-bond donors (Lipinski definition) is 2. The first-order chi connectivity index (χ1) is 6.74. The largest absolute Gasteiger partial charge is 0.492 e. The van der Waals surface area contributed by atoms with Gasteiger partial charge in [0, 0.05) is 0 Å². The molecule has 1 rings (SSSR count). The van der Waals surface area contributed by atoms with E-state index in [9.17, 15) is 0 Å². The number of para-hydroxylation sites is 1. The molecule has 1 unspecified atom stereocenters. The van der Waals surface area contributed by atoms with Crippen LogP contribution >= 0.6 is 0 Å². The Kier molecular flexibility index (Phi) is 4.16. The molecule has 0 saturated carbocycles. The lowest BCUT2D eigenvalue weighted by molar-refractivity contribution is 0.282. The maximum Gasteiger partial charge on any atom is 0.119 e. The minimum Gasteiger partial charge on any atom is -0.492 e. The summed E-state index contributed by atoms with van der Waals surface area (Å²) in [6.07, 6.45) is 0. The van der Waals surface area contributed by atoms with Crippen LogP contribution in [0.1, 0.15) is 6.92 Å². The molecule has 0 spiro atoms. The van der Waals surface area contributed by atoms with E-state index in [-0.39, 0.29) is 6.04 Å². The van der Waals surface area contributed by atoms with Gasteiger partial charge in [-0.05, 0) is 19.1 Å². The highest BCUT2D eigenvalue weighted by atomic mass is 16.5. The second kappa shape index (κ2) is 5.42. The molecule has 3 N–H and O–H groups in total. The Labute approximate surface area is 84.5 Å². The lowest BCUT2D eigenvalue weighted by Crippen LogP contribution is -2.40. The third-order valence-corrected chi connectivity index (χ3v) is 1.96. The summed E-state index contributed by atoms with van der Waals surface area (Å²) in [6.45, 7) is 6.23. The molecule has 0 fully saturated rings. The summed E-state index contributed by atoms with van der Waals surface area (Å²) in [5.74, 6) is 6.19. The van der Waals surface area contributed by atoms with Gasteiger partial charge in [-0.3, -0.25) is 5.84 Å². The zero-order chi connectivity index (χ0) is 10.4. The molecule has 1 atom stereocenters. The van der Waals surface area contributed by atoms with Gasteiger partial charge in [0.1, 0.15) is 12.4 Å². The fourth-order valence-electron chi connectivity index (χ4n) is 1.03. The summed E-state index contributed by atoms with van der Waals surface area (Å²) < 4.78 is 5.52. The van der Waals surface area contributed by atoms with Gasteiger partial charge < -0.3 is 4.74 Å². The van der Waals surface area contributed by atoms with Gasteiger partial charge >= 0.3 is 0 Å². The molecule has 3 heteroatoms. The van der Waals surface area contributed by atoms with Crippen molar-refractivity contribution < 1.29 is 4.74 Å². The minimum absolute atomic E-state index is 0.00444. The number of rotatable bonds is 5. The van der Waals surface area contributed by atoms with Gasteiger partial charge in [-0.15, -0.1) is 0 Å². The Morgan fingerprint density at radius 3 is 2.64 bits per heavy atom. The van der Waals surface area contributed by atoms with Gasteiger partial charge in [0.05, 0.1) is 6.04 Å². The van der Waals surface area contributed by atoms with E-state index in [4.69, 9.17) is 10.6 Å². The monoisotopic (exact) mass is 192 g/mol. The number of nitrogens with one attached hydrogen (secondary N) is 1. The highest BCUT2D eigenvalue weighted by Crippen LogP contribution is 2.09. The van der Waals surface area contributed by atoms with Crippen molar-refractivity contribution in [3.05, 3.63) is 42.5 Å². The van der Waals surface area contributed by atoms with Crippen molar-refractivity contribution in [3.63, 3.8) is 0 Å². The highest BCUT2D eigenvalue weighted by molar-refractivity contribution is 5.21. The quantitative estimate of drug-likeness (QED) is 0.422. The number of nitrogens with two attached hydrogens (primary N) is 1. The van der Waals surface area contributed by atoms with Gasteiger partial charge in [0.15, 0.2) is 0 Å². The fraction of sp³-hybridized carbons (Fsp3) is 0.273. The summed E-state index contributed by atoms with van der Waals surface area (Å²) in [4.78, 5) is 0. The minimum atomic E-state index is -0.00444. The Bertz CT molecular complexity index is 285. The van der Waals surface area contributed by atoms with E-state index in [1.807, 2.05) is 37.3 Å². The van der Waals surface area contributed by atoms with E-state index in [0.29, 0.717) is 6.61 Å². The van der Waals surface area contributed by atoms with Crippen LogP contribution in [0.25, 0.3) is 0 Å². The van der Waals surface area contributed by atoms with Crippen LogP contribution in [0.15, 0.2) is 42.5 Å². The summed E-state index contributed by atoms with van der Waals surface area (Å²) in [6, 6.07) is 9.62. The number of ether oxygens (including phenoxy) is 1. The Balaban J connectivity index is 2.44. The van der Waals surface area contributed by atoms with E-state index in [1.54, 1.807) is 0 Å². The molecule has 0 bridgehead atoms. The Hall–Kier alpha value is -1.32. The molecule has 3 nitrogen and oxygen atoms in total. The standard InChI is InChI=1S/C11H16N2O/c1-9(2)11(13-12)8-14-10-6-4-3-5-7-10/h3-7,11,13H,1,8,12H2,2H3. The summed E-state index contributed by atoms with van der Waals surface area (Å²) in [7, 11) is 0. The SMILES string of the molecule is C=C(C)C(COc1ccccc1)NN. The van der Waals surface area contributed by atoms with Crippen molar-refractivity contribution in [2.75, 3.05) is 6.61 Å². The van der Waals surface area contributed by atoms with Crippen LogP contribution in [0, 0.1) is 0 Å². The first kappa shape index (κ1) is 10.8. The van der Waals surface area contributed by atoms with Gasteiger partial charge in [-0.2, -0.15) is 0 Å². The van der Waals surface area contributed by atoms with E-state index >= 15 is 0 Å². The summed E-state index contributed by atoms with van der Waals surface area (Å²) in [5.41, 5.74) is 3.61. The van der Waals surface area contributed by atoms with E-state index in [1.165, 1.54) is 0 Å². The zero-order valence-electron chi connectivity index (χ0n) is 8.36. The highest BCUT2D eigenvalue weighted by Gasteiger charge is 2.07. The number of hydrogen-bond acceptors (Lipinski definition) is 3. The lowest BCUT2D eigenvalue weighted by Gasteiger charge is -2.16. The average Bonchev–Trinajstić information content (AvgIpc) is 2.20. The van der Waals surface area contributed by atoms with E-state index in [2.05, 4.69) is 12.0 Å². The smallest absolute Gasteiger partial charge is 0.119 e. The second-order valence-electron chi connectivity index (χ2n) is 3.19. The van der Waals surface area contributed by atoms with Crippen LogP contribution in [0.5, 0.6) is 5.75 Å². The number of hydrazine groups is 1. The molecule has 0 aliphatic carbocycles. The van der Waals surface area contributed by atoms with Gasteiger partial charge in [-0.25, -0.2) is 5.43 Å². The summed E-state index contributed by atoms with van der Waals surface area (Å²) in [5, 5.41) is 0. The maximum atomic E-state index is 5.52. The van der Waals surface area contributed by atoms with E-state index in [0.717, 1.165) is 11.3 Å². The molecule has 0 radical (unpaired) electrons. The second-order valence-corrected chi connectivity index (χ2v) is 3.19. The molecule has 0 aliphatic rings. The Morgan fingerprint density at radius 2 is 2.14 bits per heavy atom. The molecule has 0 aliphatic heterocycles. The molecule has 1 aromatic rings. The molecule has 76 valence electrons. The van der Waals surface area contributed by atoms with Crippen LogP contribution in [-0.4, -0.2) is 12.6 Å². The molecule has 0 amide bonds. The van der Waals surface area contributed by atoms with Crippen molar-refractivity contribution in [1.29, 1.82) is 0 Å². The van der Waals surface area contributed by atoms with Crippen LogP contribution < -0.4 is 16.0 Å². The normalized spacial score (nSPS) is 12.1. The number of benzene rings is 1. The van der Waals surface area contributed by atoms with Crippen LogP contribution in [-0.2, 0) is 0 Å². The first-order valence-corrected chi connectivity index (χ1v) is 4.53. The molecular weight excluding hydrogens is 176 g/mol. The van der Waals surface area contributed by atoms with Crippen LogP contribution in [0.4, 0.5) is 0 Å². The first-order valence-electron chi connectivity index (χ1n) is 4.53. The van der Waals surface area contributed by atoms with Gasteiger partial charge in [-0.1, -0.05) is 30.4 Å². The molecule has 1 aromatic carbocycles. The third-order valence-electron chi connectivity index (χ3n) is 1.96. The van der Waals surface area contributed by atoms with Gasteiger partial charge in [0.25, 0.3) is 0 Å². The predicted molar refractivity (Wildman–Crippen MR) is 57.9 cm³/mol. The molecular formula is C11H16N2O. The fourth-order valence-corrected chi connectivity index (χ4v) is 1.03. The summed E-state index contributed by atoms with van der Waals surface area (Å²) >= 11 is 0. The van der Waals surface area contributed by atoms with E-state index < -0.39 is 0 Å². The molecule has 0 heterocycles. The zero-order valence-corrected chi connectivity index (χ0v) is 8.36. The van der Waals surface area contributed by atoms with Crippen molar-refractivity contribution in [3.8, 4) is 5.75 Å². The van der Waals surface area contributed by atoms with Crippen molar-refractivity contribution in [1.82, 2.24) is 5.43 Å². The topological polar surface area (TPSA) is 47.3 Å². The lowest BCUT2D eigenvalue weighted by atomic mass is 10.2.